The van der Waals surface area contributed by atoms with Crippen LogP contribution in [0.5, 0.6) is 0 Å². The van der Waals surface area contributed by atoms with Gasteiger partial charge in [0.2, 0.25) is 0 Å². The zero-order valence-corrected chi connectivity index (χ0v) is 35.7. The molecule has 0 bridgehead atoms. The molecule has 0 N–H and O–H groups in total. The van der Waals surface area contributed by atoms with E-state index in [9.17, 15) is 0 Å². The molecule has 0 amide bonds. The van der Waals surface area contributed by atoms with E-state index in [-0.39, 0.29) is 0 Å². The predicted molar refractivity (Wildman–Crippen MR) is 269 cm³/mol. The van der Waals surface area contributed by atoms with Crippen molar-refractivity contribution in [3.05, 3.63) is 236 Å². The molecule has 2 heterocycles. The molecule has 0 aliphatic heterocycles. The normalized spacial score (nSPS) is 11.0. The third-order valence-electron chi connectivity index (χ3n) is 11.6. The molecule has 0 saturated carbocycles. The van der Waals surface area contributed by atoms with Crippen LogP contribution in [0, 0.1) is 20.8 Å². The predicted octanol–water partition coefficient (Wildman–Crippen LogP) is 17.3. The van der Waals surface area contributed by atoms with E-state index < -0.39 is 0 Å². The van der Waals surface area contributed by atoms with Gasteiger partial charge in [-0.05, 0) is 119 Å². The van der Waals surface area contributed by atoms with E-state index in [1.807, 2.05) is 11.3 Å². The molecule has 2 aromatic heterocycles. The Hall–Kier alpha value is -7.26. The van der Waals surface area contributed by atoms with Gasteiger partial charge >= 0.3 is 0 Å². The maximum Gasteiger partial charge on any atom is 0.0541 e. The minimum atomic E-state index is 1.17. The molecular weight excluding hydrogens is 755 g/mol. The number of aromatic nitrogens is 1. The first kappa shape index (κ1) is 39.2. The minimum absolute atomic E-state index is 1.17. The van der Waals surface area contributed by atoms with Gasteiger partial charge in [0, 0.05) is 36.6 Å². The van der Waals surface area contributed by atoms with Crippen LogP contribution in [0.1, 0.15) is 16.7 Å². The third-order valence-corrected chi connectivity index (χ3v) is 12.9. The Bertz CT molecular complexity index is 3360. The number of fused-ring (bicyclic) bond motifs is 7. The van der Waals surface area contributed by atoms with Gasteiger partial charge in [-0.1, -0.05) is 183 Å². The lowest BCUT2D eigenvalue weighted by molar-refractivity contribution is 1.18. The van der Waals surface area contributed by atoms with Gasteiger partial charge in [-0.25, -0.2) is 0 Å². The number of benzene rings is 9. The van der Waals surface area contributed by atoms with Gasteiger partial charge in [0.25, 0.3) is 0 Å². The fourth-order valence-electron chi connectivity index (χ4n) is 8.57. The zero-order valence-electron chi connectivity index (χ0n) is 34.9. The molecule has 0 atom stereocenters. The average molecular weight is 802 g/mol. The molecule has 9 aromatic carbocycles. The summed E-state index contributed by atoms with van der Waals surface area (Å²) in [4.78, 5) is 0. The van der Waals surface area contributed by atoms with Crippen LogP contribution >= 0.6 is 11.3 Å². The first-order valence-electron chi connectivity index (χ1n) is 20.8. The molecule has 0 unspecified atom stereocenters. The molecule has 0 radical (unpaired) electrons. The molecule has 2 heteroatoms. The summed E-state index contributed by atoms with van der Waals surface area (Å²) in [5.41, 5.74) is 15.2. The topological polar surface area (TPSA) is 4.93 Å². The second kappa shape index (κ2) is 17.1. The summed E-state index contributed by atoms with van der Waals surface area (Å²) >= 11 is 1.91. The highest BCUT2D eigenvalue weighted by Crippen LogP contribution is 2.46. The lowest BCUT2D eigenvalue weighted by atomic mass is 9.89. The van der Waals surface area contributed by atoms with Gasteiger partial charge in [-0.3, -0.25) is 0 Å². The second-order valence-corrected chi connectivity index (χ2v) is 16.6. The fourth-order valence-corrected chi connectivity index (χ4v) is 9.80. The van der Waals surface area contributed by atoms with Gasteiger partial charge in [-0.2, -0.15) is 0 Å². The Morgan fingerprint density at radius 3 is 1.84 bits per heavy atom. The maximum absolute atomic E-state index is 3.36. The monoisotopic (exact) mass is 801 g/mol. The van der Waals surface area contributed by atoms with Crippen molar-refractivity contribution in [2.45, 2.75) is 20.8 Å². The van der Waals surface area contributed by atoms with Crippen LogP contribution in [0.15, 0.2) is 219 Å². The third kappa shape index (κ3) is 7.59. The SMILES string of the molecule is C=CC=C.Cc1ccc2ccccc2c1.Cc1ccccc1-c1cc(-c2ccc3c(c2)c2ccccc2n3-c2ccc(-c3ccccc3)cc2)c2c(sc3ccccc32)c1C. The Balaban J connectivity index is 0.000000269. The number of allylic oxidation sites excluding steroid dienone is 2. The quantitative estimate of drug-likeness (QED) is 0.153. The van der Waals surface area contributed by atoms with E-state index >= 15 is 0 Å². The fraction of sp³-hybridized carbons (Fsp3) is 0.0508. The lowest BCUT2D eigenvalue weighted by Gasteiger charge is -2.15. The van der Waals surface area contributed by atoms with Gasteiger partial charge in [-0.15, -0.1) is 11.3 Å². The molecular formula is C59H47NS. The highest BCUT2D eigenvalue weighted by molar-refractivity contribution is 7.26. The average Bonchev–Trinajstić information content (AvgIpc) is 3.87. The van der Waals surface area contributed by atoms with Crippen LogP contribution in [-0.2, 0) is 0 Å². The maximum atomic E-state index is 3.36. The van der Waals surface area contributed by atoms with E-state index in [0.29, 0.717) is 0 Å². The molecule has 1 nitrogen and oxygen atoms in total. The molecule has 294 valence electrons. The summed E-state index contributed by atoms with van der Waals surface area (Å²) in [5.74, 6) is 0. The lowest BCUT2D eigenvalue weighted by Crippen LogP contribution is -1.94. The number of para-hydroxylation sites is 1. The second-order valence-electron chi connectivity index (χ2n) is 15.5. The Morgan fingerprint density at radius 2 is 1.07 bits per heavy atom. The zero-order chi connectivity index (χ0) is 41.9. The van der Waals surface area contributed by atoms with Crippen LogP contribution in [-0.4, -0.2) is 4.57 Å². The van der Waals surface area contributed by atoms with Crippen molar-refractivity contribution in [2.75, 3.05) is 0 Å². The molecule has 11 rings (SSSR count). The van der Waals surface area contributed by atoms with E-state index in [0.717, 1.165) is 0 Å². The van der Waals surface area contributed by atoms with Gasteiger partial charge in [0.05, 0.1) is 11.0 Å². The summed E-state index contributed by atoms with van der Waals surface area (Å²) < 4.78 is 5.12. The van der Waals surface area contributed by atoms with Gasteiger partial charge < -0.3 is 4.57 Å². The van der Waals surface area contributed by atoms with Crippen LogP contribution in [0.25, 0.3) is 91.8 Å². The summed E-state index contributed by atoms with van der Waals surface area (Å²) in [6.07, 6.45) is 3.28. The molecule has 61 heavy (non-hydrogen) atoms. The van der Waals surface area contributed by atoms with Gasteiger partial charge in [0.1, 0.15) is 0 Å². The Kier molecular flexibility index (Phi) is 11.0. The van der Waals surface area contributed by atoms with E-state index in [1.165, 1.54) is 109 Å². The molecule has 0 aliphatic rings. The van der Waals surface area contributed by atoms with Crippen LogP contribution in [0.2, 0.25) is 0 Å². The van der Waals surface area contributed by atoms with Crippen molar-refractivity contribution in [3.63, 3.8) is 0 Å². The Morgan fingerprint density at radius 1 is 0.443 bits per heavy atom. The largest absolute Gasteiger partial charge is 0.309 e. The van der Waals surface area contributed by atoms with Crippen molar-refractivity contribution >= 4 is 64.1 Å². The minimum Gasteiger partial charge on any atom is -0.309 e. The van der Waals surface area contributed by atoms with Crippen molar-refractivity contribution < 1.29 is 0 Å². The Labute approximate surface area is 362 Å². The van der Waals surface area contributed by atoms with E-state index in [4.69, 9.17) is 0 Å². The molecule has 0 saturated heterocycles. The van der Waals surface area contributed by atoms with Crippen LogP contribution in [0.3, 0.4) is 0 Å². The summed E-state index contributed by atoms with van der Waals surface area (Å²) in [7, 11) is 0. The first-order chi connectivity index (χ1) is 29.9. The number of nitrogens with zero attached hydrogens (tertiary/aromatic N) is 1. The summed E-state index contributed by atoms with van der Waals surface area (Å²) in [6.45, 7) is 13.4. The number of hydrogen-bond donors (Lipinski definition) is 0. The summed E-state index contributed by atoms with van der Waals surface area (Å²) in [5, 5.41) is 7.87. The number of thiophene rings is 1. The highest BCUT2D eigenvalue weighted by atomic mass is 32.1. The van der Waals surface area contributed by atoms with Crippen LogP contribution < -0.4 is 0 Å². The number of hydrogen-bond acceptors (Lipinski definition) is 1. The molecule has 0 aliphatic carbocycles. The van der Waals surface area contributed by atoms with E-state index in [2.05, 4.69) is 233 Å². The van der Waals surface area contributed by atoms with Crippen LogP contribution in [0.4, 0.5) is 0 Å². The van der Waals surface area contributed by atoms with Crippen molar-refractivity contribution in [2.24, 2.45) is 0 Å². The molecule has 0 fully saturated rings. The van der Waals surface area contributed by atoms with Crippen molar-refractivity contribution in [1.29, 1.82) is 0 Å². The standard InChI is InChI=1S/C44H31NS.C11H10.C4H6/c1-28-12-6-7-15-34(28)37-27-38(43-36-17-9-11-19-42(36)46-44(43)29(37)2)32-22-25-41-39(26-32)35-16-8-10-18-40(35)45(41)33-23-20-31(21-24-33)30-13-4-3-5-14-30;1-9-6-7-10-4-2-3-5-11(10)8-9;1-3-4-2/h3-27H,1-2H3;2-8H,1H3;3-4H,1-2H2. The van der Waals surface area contributed by atoms with Crippen molar-refractivity contribution in [3.8, 4) is 39.1 Å². The first-order valence-corrected chi connectivity index (χ1v) is 21.6. The highest BCUT2D eigenvalue weighted by Gasteiger charge is 2.20. The van der Waals surface area contributed by atoms with E-state index in [1.54, 1.807) is 12.2 Å². The smallest absolute Gasteiger partial charge is 0.0541 e. The molecule has 11 aromatic rings. The number of aryl methyl sites for hydroxylation is 3. The summed E-state index contributed by atoms with van der Waals surface area (Å²) in [6, 6.07) is 70.4. The van der Waals surface area contributed by atoms with Crippen molar-refractivity contribution in [1.82, 2.24) is 4.57 Å². The molecule has 0 spiro atoms. The number of rotatable bonds is 5. The van der Waals surface area contributed by atoms with Gasteiger partial charge in [0.15, 0.2) is 0 Å².